The van der Waals surface area contributed by atoms with Crippen molar-refractivity contribution < 1.29 is 61.9 Å². The van der Waals surface area contributed by atoms with Crippen molar-refractivity contribution in [1.82, 2.24) is 19.1 Å². The van der Waals surface area contributed by atoms with Crippen LogP contribution in [-0.4, -0.2) is 101 Å². The molecule has 17 heteroatoms. The number of ether oxygens (including phenoxy) is 8. The third kappa shape index (κ3) is 18.1. The van der Waals surface area contributed by atoms with Crippen LogP contribution in [0.25, 0.3) is 0 Å². The molecule has 2 atom stereocenters. The normalized spacial score (nSPS) is 11.6. The van der Waals surface area contributed by atoms with E-state index in [4.69, 9.17) is 37.9 Å². The largest absolute Gasteiger partial charge is 0.508 e. The van der Waals surface area contributed by atoms with E-state index in [0.717, 1.165) is 0 Å². The maximum absolute atomic E-state index is 12.3. The lowest BCUT2D eigenvalue weighted by Gasteiger charge is -2.19. The van der Waals surface area contributed by atoms with Gasteiger partial charge in [0.2, 0.25) is 0 Å². The third-order valence-electron chi connectivity index (χ3n) is 6.30. The molecule has 0 aliphatic heterocycles. The maximum Gasteiger partial charge on any atom is 0.508 e. The summed E-state index contributed by atoms with van der Waals surface area (Å²) >= 11 is 0. The Kier molecular flexibility index (Phi) is 18.6. The number of allylic oxidation sites excluding steroid dienone is 1. The molecular formula is C33H44N4O13. The minimum absolute atomic E-state index is 0.0366. The van der Waals surface area contributed by atoms with Gasteiger partial charge < -0.3 is 47.0 Å². The molecule has 0 saturated carbocycles. The first kappa shape index (κ1) is 40.6. The van der Waals surface area contributed by atoms with Gasteiger partial charge in [0, 0.05) is 43.4 Å². The second-order valence-corrected chi connectivity index (χ2v) is 10.7. The minimum Gasteiger partial charge on any atom is -0.490 e. The summed E-state index contributed by atoms with van der Waals surface area (Å²) in [6.07, 6.45) is 6.11. The summed E-state index contributed by atoms with van der Waals surface area (Å²) in [7, 11) is 0. The molecule has 2 unspecified atom stereocenters. The quantitative estimate of drug-likeness (QED) is 0.0383. The Balaban J connectivity index is 1.71. The number of rotatable bonds is 24. The number of carbonyl (C=O) groups is 5. The van der Waals surface area contributed by atoms with Crippen LogP contribution in [0.3, 0.4) is 0 Å². The molecule has 0 aliphatic rings. The first-order valence-corrected chi connectivity index (χ1v) is 15.6. The highest BCUT2D eigenvalue weighted by Gasteiger charge is 2.22. The van der Waals surface area contributed by atoms with Crippen LogP contribution in [-0.2, 0) is 65.4 Å². The van der Waals surface area contributed by atoms with Crippen LogP contribution in [0, 0.1) is 0 Å². The standard InChI is InChI=1S/C33H44N4O13/c1-24(2)26(5)45-18-27(19-46-29(38)8-12-36-14-10-34-22-36)49-32(41)43-16-6-7-17-44-33(42)50-28(21-48-31(40)25(3)4)20-47-30(39)9-13-37-15-11-35-23-37/h10-11,14-15,22-23,27-28H,1,3,5-9,12-13,16-21H2,2,4H3. The van der Waals surface area contributed by atoms with E-state index in [-0.39, 0.29) is 70.0 Å². The number of esters is 3. The predicted molar refractivity (Wildman–Crippen MR) is 173 cm³/mol. The molecule has 0 aromatic carbocycles. The third-order valence-corrected chi connectivity index (χ3v) is 6.30. The van der Waals surface area contributed by atoms with Crippen molar-refractivity contribution in [3.8, 4) is 0 Å². The van der Waals surface area contributed by atoms with Crippen molar-refractivity contribution in [2.75, 3.05) is 39.6 Å². The second-order valence-electron chi connectivity index (χ2n) is 10.7. The van der Waals surface area contributed by atoms with Crippen molar-refractivity contribution in [3.05, 3.63) is 74.1 Å². The number of carbonyl (C=O) groups excluding carboxylic acids is 5. The molecule has 0 spiro atoms. The van der Waals surface area contributed by atoms with E-state index in [2.05, 4.69) is 29.7 Å². The lowest BCUT2D eigenvalue weighted by Crippen LogP contribution is -2.31. The number of aryl methyl sites for hydroxylation is 2. The Hall–Kier alpha value is -5.61. The molecule has 0 saturated heterocycles. The van der Waals surface area contributed by atoms with Crippen molar-refractivity contribution in [1.29, 1.82) is 0 Å². The van der Waals surface area contributed by atoms with Crippen LogP contribution in [0.1, 0.15) is 39.5 Å². The van der Waals surface area contributed by atoms with Crippen LogP contribution in [0.5, 0.6) is 0 Å². The summed E-state index contributed by atoms with van der Waals surface area (Å²) in [4.78, 5) is 68.5. The van der Waals surface area contributed by atoms with Crippen molar-refractivity contribution >= 4 is 30.2 Å². The molecule has 2 heterocycles. The lowest BCUT2D eigenvalue weighted by molar-refractivity contribution is -0.152. The van der Waals surface area contributed by atoms with Gasteiger partial charge in [-0.25, -0.2) is 24.4 Å². The summed E-state index contributed by atoms with van der Waals surface area (Å²) in [5.41, 5.74) is 0.700. The number of nitrogens with zero attached hydrogens (tertiary/aromatic N) is 4. The van der Waals surface area contributed by atoms with Crippen LogP contribution in [0.4, 0.5) is 9.59 Å². The number of imidazole rings is 2. The van der Waals surface area contributed by atoms with Crippen LogP contribution < -0.4 is 0 Å². The Bertz CT molecular complexity index is 1300. The molecule has 2 rings (SSSR count). The summed E-state index contributed by atoms with van der Waals surface area (Å²) in [5, 5.41) is 0. The van der Waals surface area contributed by atoms with E-state index < -0.39 is 49.0 Å². The molecule has 0 N–H and O–H groups in total. The van der Waals surface area contributed by atoms with E-state index in [9.17, 15) is 24.0 Å². The van der Waals surface area contributed by atoms with Gasteiger partial charge in [-0.15, -0.1) is 0 Å². The number of hydrogen-bond donors (Lipinski definition) is 0. The maximum atomic E-state index is 12.3. The Morgan fingerprint density at radius 2 is 1.06 bits per heavy atom. The van der Waals surface area contributed by atoms with Gasteiger partial charge in [-0.2, -0.15) is 0 Å². The van der Waals surface area contributed by atoms with Gasteiger partial charge in [-0.1, -0.05) is 19.7 Å². The monoisotopic (exact) mass is 704 g/mol. The summed E-state index contributed by atoms with van der Waals surface area (Å²) in [5.74, 6) is -1.52. The first-order chi connectivity index (χ1) is 23.9. The van der Waals surface area contributed by atoms with E-state index in [0.29, 0.717) is 18.7 Å². The van der Waals surface area contributed by atoms with Crippen molar-refractivity contribution in [2.24, 2.45) is 0 Å². The van der Waals surface area contributed by atoms with Gasteiger partial charge >= 0.3 is 30.2 Å². The number of aromatic nitrogens is 4. The zero-order valence-electron chi connectivity index (χ0n) is 28.3. The highest BCUT2D eigenvalue weighted by atomic mass is 16.7. The zero-order chi connectivity index (χ0) is 36.7. The second kappa shape index (κ2) is 22.9. The smallest absolute Gasteiger partial charge is 0.490 e. The molecule has 0 fully saturated rings. The van der Waals surface area contributed by atoms with Crippen molar-refractivity contribution in [2.45, 2.75) is 64.8 Å². The van der Waals surface area contributed by atoms with E-state index in [1.54, 1.807) is 53.5 Å². The fraction of sp³-hybridized carbons (Fsp3) is 0.485. The van der Waals surface area contributed by atoms with E-state index in [1.165, 1.54) is 6.92 Å². The Morgan fingerprint density at radius 1 is 0.620 bits per heavy atom. The van der Waals surface area contributed by atoms with Gasteiger partial charge in [0.15, 0.2) is 12.2 Å². The molecule has 2 aromatic heterocycles. The lowest BCUT2D eigenvalue weighted by atomic mass is 10.3. The highest BCUT2D eigenvalue weighted by molar-refractivity contribution is 5.86. The van der Waals surface area contributed by atoms with Gasteiger partial charge in [-0.05, 0) is 32.3 Å². The van der Waals surface area contributed by atoms with Gasteiger partial charge in [-0.3, -0.25) is 9.59 Å². The van der Waals surface area contributed by atoms with E-state index in [1.807, 2.05) is 0 Å². The Labute approximate surface area is 289 Å². The average Bonchev–Trinajstić information content (AvgIpc) is 3.81. The molecule has 0 amide bonds. The zero-order valence-corrected chi connectivity index (χ0v) is 28.3. The minimum atomic E-state index is -1.14. The highest BCUT2D eigenvalue weighted by Crippen LogP contribution is 2.09. The summed E-state index contributed by atoms with van der Waals surface area (Å²) in [6, 6.07) is 0. The van der Waals surface area contributed by atoms with E-state index >= 15 is 0 Å². The predicted octanol–water partition coefficient (Wildman–Crippen LogP) is 3.70. The van der Waals surface area contributed by atoms with Crippen LogP contribution >= 0.6 is 0 Å². The number of unbranched alkanes of at least 4 members (excludes halogenated alkanes) is 1. The van der Waals surface area contributed by atoms with Crippen LogP contribution in [0.2, 0.25) is 0 Å². The molecule has 17 nitrogen and oxygen atoms in total. The molecule has 274 valence electrons. The summed E-state index contributed by atoms with van der Waals surface area (Å²) < 4.78 is 44.9. The summed E-state index contributed by atoms with van der Waals surface area (Å²) in [6.45, 7) is 13.4. The average molecular weight is 705 g/mol. The molecule has 0 radical (unpaired) electrons. The molecule has 2 aromatic rings. The molecular weight excluding hydrogens is 660 g/mol. The Morgan fingerprint density at radius 3 is 1.46 bits per heavy atom. The fourth-order valence-electron chi connectivity index (χ4n) is 3.49. The van der Waals surface area contributed by atoms with Crippen molar-refractivity contribution in [3.63, 3.8) is 0 Å². The molecule has 50 heavy (non-hydrogen) atoms. The van der Waals surface area contributed by atoms with Gasteiger partial charge in [0.25, 0.3) is 0 Å². The van der Waals surface area contributed by atoms with Gasteiger partial charge in [0.1, 0.15) is 32.2 Å². The van der Waals surface area contributed by atoms with Crippen LogP contribution in [0.15, 0.2) is 74.1 Å². The number of hydrogen-bond acceptors (Lipinski definition) is 15. The molecule has 0 bridgehead atoms. The molecule has 0 aliphatic carbocycles. The SMILES string of the molecule is C=C(C)C(=C)OCC(COC(=O)CCn1ccnc1)OC(=O)OCCCCOC(=O)OC(COC(=O)CCn1ccnc1)COC(=O)C(=C)C. The first-order valence-electron chi connectivity index (χ1n) is 15.6. The topological polar surface area (TPSA) is 195 Å². The fourth-order valence-corrected chi connectivity index (χ4v) is 3.49. The van der Waals surface area contributed by atoms with Gasteiger partial charge in [0.05, 0.1) is 38.7 Å².